The highest BCUT2D eigenvalue weighted by Crippen LogP contribution is 2.38. The lowest BCUT2D eigenvalue weighted by Crippen LogP contribution is -2.29. The van der Waals surface area contributed by atoms with Crippen LogP contribution in [0.4, 0.5) is 0 Å². The Labute approximate surface area is 86.4 Å². The molecule has 2 fully saturated rings. The van der Waals surface area contributed by atoms with Crippen LogP contribution in [-0.2, 0) is 9.47 Å². The van der Waals surface area contributed by atoms with Crippen molar-refractivity contribution in [3.8, 4) is 0 Å². The largest absolute Gasteiger partial charge is 0.350 e. The molecular formula is C11H16NO2. The summed E-state index contributed by atoms with van der Waals surface area (Å²) in [4.78, 5) is 2.15. The first-order chi connectivity index (χ1) is 6.77. The second-order valence-electron chi connectivity index (χ2n) is 3.82. The van der Waals surface area contributed by atoms with Crippen LogP contribution in [0, 0.1) is 31.1 Å². The summed E-state index contributed by atoms with van der Waals surface area (Å²) in [5, 5.41) is 0. The standard InChI is InChI=1S/C11H16NO2/c1-12(2)8-9-4-3-5-10(9)11-13-6-7-14-11/h3-5,11H,6-8H2,1-2H3. The van der Waals surface area contributed by atoms with Crippen molar-refractivity contribution in [3.63, 3.8) is 0 Å². The van der Waals surface area contributed by atoms with E-state index in [0.717, 1.165) is 6.54 Å². The fraction of sp³-hybridized carbons (Fsp3) is 0.545. The van der Waals surface area contributed by atoms with Crippen LogP contribution in [-0.4, -0.2) is 45.0 Å². The summed E-state index contributed by atoms with van der Waals surface area (Å²) in [5.74, 6) is 2.47. The van der Waals surface area contributed by atoms with Gasteiger partial charge in [-0.05, 0) is 33.4 Å². The minimum Gasteiger partial charge on any atom is -0.350 e. The molecule has 2 rings (SSSR count). The average Bonchev–Trinajstić information content (AvgIpc) is 2.70. The van der Waals surface area contributed by atoms with E-state index < -0.39 is 0 Å². The number of ether oxygens (including phenoxy) is 2. The first kappa shape index (κ1) is 10.4. The molecular weight excluding hydrogens is 178 g/mol. The predicted molar refractivity (Wildman–Crippen MR) is 53.6 cm³/mol. The SMILES string of the molecule is CN(C)C[C]1[CH][CH][CH][C]1C1OCCO1. The maximum atomic E-state index is 5.48. The zero-order valence-electron chi connectivity index (χ0n) is 8.69. The monoisotopic (exact) mass is 194 g/mol. The van der Waals surface area contributed by atoms with E-state index in [1.165, 1.54) is 11.8 Å². The molecule has 3 nitrogen and oxygen atoms in total. The van der Waals surface area contributed by atoms with Gasteiger partial charge in [0.15, 0.2) is 6.29 Å². The van der Waals surface area contributed by atoms with Crippen molar-refractivity contribution in [2.45, 2.75) is 6.29 Å². The van der Waals surface area contributed by atoms with E-state index in [9.17, 15) is 0 Å². The van der Waals surface area contributed by atoms with Crippen molar-refractivity contribution in [1.82, 2.24) is 4.90 Å². The molecule has 2 aliphatic rings. The fourth-order valence-corrected chi connectivity index (χ4v) is 1.72. The Hall–Kier alpha value is -0.120. The quantitative estimate of drug-likeness (QED) is 0.660. The van der Waals surface area contributed by atoms with Crippen molar-refractivity contribution in [2.24, 2.45) is 0 Å². The summed E-state index contributed by atoms with van der Waals surface area (Å²) in [7, 11) is 4.13. The summed E-state index contributed by atoms with van der Waals surface area (Å²) in [6.07, 6.45) is 6.12. The zero-order valence-corrected chi connectivity index (χ0v) is 8.69. The molecule has 1 saturated heterocycles. The number of hydrogen-bond acceptors (Lipinski definition) is 3. The maximum absolute atomic E-state index is 5.48. The second-order valence-corrected chi connectivity index (χ2v) is 3.82. The van der Waals surface area contributed by atoms with Crippen LogP contribution < -0.4 is 0 Å². The van der Waals surface area contributed by atoms with Crippen LogP contribution in [0.1, 0.15) is 0 Å². The van der Waals surface area contributed by atoms with Crippen molar-refractivity contribution in [1.29, 1.82) is 0 Å². The highest BCUT2D eigenvalue weighted by atomic mass is 16.7. The van der Waals surface area contributed by atoms with Gasteiger partial charge in [0.25, 0.3) is 0 Å². The summed E-state index contributed by atoms with van der Waals surface area (Å²) in [6.45, 7) is 2.35. The van der Waals surface area contributed by atoms with Gasteiger partial charge in [0, 0.05) is 18.4 Å². The summed E-state index contributed by atoms with van der Waals surface area (Å²) >= 11 is 0. The molecule has 0 N–H and O–H groups in total. The highest BCUT2D eigenvalue weighted by molar-refractivity contribution is 5.46. The van der Waals surface area contributed by atoms with E-state index in [1.807, 2.05) is 0 Å². The van der Waals surface area contributed by atoms with Crippen molar-refractivity contribution >= 4 is 0 Å². The molecule has 0 amide bonds. The predicted octanol–water partition coefficient (Wildman–Crippen LogP) is 0.696. The Morgan fingerprint density at radius 2 is 2.00 bits per heavy atom. The fourth-order valence-electron chi connectivity index (χ4n) is 1.72. The van der Waals surface area contributed by atoms with Gasteiger partial charge in [-0.3, -0.25) is 0 Å². The molecule has 0 unspecified atom stereocenters. The van der Waals surface area contributed by atoms with Crippen LogP contribution >= 0.6 is 0 Å². The van der Waals surface area contributed by atoms with Gasteiger partial charge in [0.2, 0.25) is 0 Å². The van der Waals surface area contributed by atoms with Gasteiger partial charge >= 0.3 is 0 Å². The molecule has 1 saturated carbocycles. The minimum absolute atomic E-state index is 0.139. The lowest BCUT2D eigenvalue weighted by molar-refractivity contribution is -0.0250. The van der Waals surface area contributed by atoms with E-state index in [4.69, 9.17) is 9.47 Å². The van der Waals surface area contributed by atoms with Gasteiger partial charge in [-0.2, -0.15) is 0 Å². The minimum atomic E-state index is -0.139. The lowest BCUT2D eigenvalue weighted by Gasteiger charge is -2.24. The maximum Gasteiger partial charge on any atom is 0.165 e. The molecule has 0 atom stereocenters. The van der Waals surface area contributed by atoms with Crippen LogP contribution in [0.25, 0.3) is 0 Å². The molecule has 0 bridgehead atoms. The Balaban J connectivity index is 1.89. The van der Waals surface area contributed by atoms with Crippen molar-refractivity contribution in [3.05, 3.63) is 31.1 Å². The normalized spacial score (nSPS) is 26.8. The van der Waals surface area contributed by atoms with Crippen LogP contribution in [0.2, 0.25) is 0 Å². The van der Waals surface area contributed by atoms with Crippen LogP contribution in [0.3, 0.4) is 0 Å². The van der Waals surface area contributed by atoms with E-state index >= 15 is 0 Å². The molecule has 0 spiro atoms. The lowest BCUT2D eigenvalue weighted by atomic mass is 9.95. The van der Waals surface area contributed by atoms with Crippen LogP contribution in [0.5, 0.6) is 0 Å². The first-order valence-electron chi connectivity index (χ1n) is 4.90. The van der Waals surface area contributed by atoms with Gasteiger partial charge in [0.05, 0.1) is 13.2 Å². The Morgan fingerprint density at radius 3 is 2.64 bits per heavy atom. The van der Waals surface area contributed by atoms with Gasteiger partial charge < -0.3 is 14.4 Å². The molecule has 1 heterocycles. The van der Waals surface area contributed by atoms with Gasteiger partial charge in [-0.25, -0.2) is 0 Å². The van der Waals surface area contributed by atoms with Crippen molar-refractivity contribution < 1.29 is 9.47 Å². The first-order valence-corrected chi connectivity index (χ1v) is 4.90. The third-order valence-corrected chi connectivity index (χ3v) is 2.31. The average molecular weight is 194 g/mol. The summed E-state index contributed by atoms with van der Waals surface area (Å²) < 4.78 is 11.0. The molecule has 0 aromatic rings. The summed E-state index contributed by atoms with van der Waals surface area (Å²) in [5.41, 5.74) is 0. The third-order valence-electron chi connectivity index (χ3n) is 2.31. The molecule has 14 heavy (non-hydrogen) atoms. The Kier molecular flexibility index (Phi) is 3.42. The van der Waals surface area contributed by atoms with E-state index in [-0.39, 0.29) is 6.29 Å². The van der Waals surface area contributed by atoms with Gasteiger partial charge in [0.1, 0.15) is 0 Å². The third kappa shape index (κ3) is 2.27. The van der Waals surface area contributed by atoms with E-state index in [2.05, 4.69) is 38.3 Å². The Bertz CT molecular complexity index is 178. The molecule has 1 aliphatic heterocycles. The van der Waals surface area contributed by atoms with E-state index in [1.54, 1.807) is 0 Å². The van der Waals surface area contributed by atoms with E-state index in [0.29, 0.717) is 13.2 Å². The van der Waals surface area contributed by atoms with Crippen LogP contribution in [0.15, 0.2) is 0 Å². The van der Waals surface area contributed by atoms with Gasteiger partial charge in [-0.1, -0.05) is 0 Å². The molecule has 0 aromatic heterocycles. The molecule has 3 heteroatoms. The number of hydrogen-bond donors (Lipinski definition) is 0. The molecule has 5 radical (unpaired) electrons. The smallest absolute Gasteiger partial charge is 0.165 e. The number of nitrogens with zero attached hydrogens (tertiary/aromatic N) is 1. The molecule has 1 aliphatic carbocycles. The number of rotatable bonds is 3. The highest BCUT2D eigenvalue weighted by Gasteiger charge is 2.38. The molecule has 0 aromatic carbocycles. The van der Waals surface area contributed by atoms with Crippen molar-refractivity contribution in [2.75, 3.05) is 33.9 Å². The van der Waals surface area contributed by atoms with Gasteiger partial charge in [-0.15, -0.1) is 0 Å². The Morgan fingerprint density at radius 1 is 1.29 bits per heavy atom. The second kappa shape index (κ2) is 4.60. The molecule has 77 valence electrons. The topological polar surface area (TPSA) is 21.7 Å². The zero-order chi connectivity index (χ0) is 9.97. The summed E-state index contributed by atoms with van der Waals surface area (Å²) in [6, 6.07) is 0.